The second-order valence-electron chi connectivity index (χ2n) is 4.43. The molecule has 1 heterocycles. The molecule has 0 fully saturated rings. The normalized spacial score (nSPS) is 19.3. The summed E-state index contributed by atoms with van der Waals surface area (Å²) < 4.78 is 0.583. The van der Waals surface area contributed by atoms with Crippen LogP contribution in [0.4, 0.5) is 5.69 Å². The molecule has 7 heteroatoms. The van der Waals surface area contributed by atoms with Gasteiger partial charge in [-0.3, -0.25) is 14.9 Å². The number of halogens is 1. The lowest BCUT2D eigenvalue weighted by molar-refractivity contribution is -0.385. The third-order valence-corrected chi connectivity index (χ3v) is 3.92. The lowest BCUT2D eigenvalue weighted by atomic mass is 9.93. The molecule has 100 valence electrons. The lowest BCUT2D eigenvalue weighted by Crippen LogP contribution is -2.33. The van der Waals surface area contributed by atoms with Crippen LogP contribution >= 0.6 is 22.6 Å². The van der Waals surface area contributed by atoms with Gasteiger partial charge in [-0.1, -0.05) is 13.0 Å². The molecule has 0 spiro atoms. The Hall–Kier alpha value is -1.51. The zero-order valence-corrected chi connectivity index (χ0v) is 12.6. The van der Waals surface area contributed by atoms with Crippen molar-refractivity contribution < 1.29 is 9.72 Å². The topological polar surface area (TPSA) is 75.8 Å². The number of amides is 1. The molecule has 1 amide bonds. The van der Waals surface area contributed by atoms with E-state index in [0.717, 1.165) is 0 Å². The molecular formula is C12H12IN3O3. The van der Waals surface area contributed by atoms with Gasteiger partial charge in [0.2, 0.25) is 5.91 Å². The van der Waals surface area contributed by atoms with Gasteiger partial charge in [0.05, 0.1) is 14.2 Å². The first-order chi connectivity index (χ1) is 8.90. The monoisotopic (exact) mass is 373 g/mol. The number of nitro benzene ring substituents is 1. The van der Waals surface area contributed by atoms with E-state index in [9.17, 15) is 14.9 Å². The second kappa shape index (κ2) is 5.24. The van der Waals surface area contributed by atoms with Gasteiger partial charge >= 0.3 is 0 Å². The largest absolute Gasteiger partial charge is 0.283 e. The number of carbonyl (C=O) groups excluding carboxylic acids is 1. The van der Waals surface area contributed by atoms with Crippen LogP contribution in [-0.2, 0) is 4.79 Å². The van der Waals surface area contributed by atoms with Crippen LogP contribution in [0.25, 0.3) is 0 Å². The minimum atomic E-state index is -0.409. The van der Waals surface area contributed by atoms with E-state index in [1.54, 1.807) is 19.2 Å². The highest BCUT2D eigenvalue weighted by Crippen LogP contribution is 2.26. The Morgan fingerprint density at radius 3 is 2.84 bits per heavy atom. The maximum Gasteiger partial charge on any atom is 0.283 e. The van der Waals surface area contributed by atoms with Crippen molar-refractivity contribution in [3.63, 3.8) is 0 Å². The van der Waals surface area contributed by atoms with Crippen LogP contribution in [0.2, 0.25) is 0 Å². The molecule has 0 aliphatic carbocycles. The molecule has 0 radical (unpaired) electrons. The highest BCUT2D eigenvalue weighted by Gasteiger charge is 2.26. The summed E-state index contributed by atoms with van der Waals surface area (Å²) in [6.07, 6.45) is 0.370. The highest BCUT2D eigenvalue weighted by molar-refractivity contribution is 14.1. The number of hydrogen-bond acceptors (Lipinski definition) is 4. The number of hydrazone groups is 1. The highest BCUT2D eigenvalue weighted by atomic mass is 127. The van der Waals surface area contributed by atoms with Gasteiger partial charge in [0.15, 0.2) is 0 Å². The average Bonchev–Trinajstić information content (AvgIpc) is 2.34. The fourth-order valence-corrected chi connectivity index (χ4v) is 2.49. The van der Waals surface area contributed by atoms with Gasteiger partial charge < -0.3 is 0 Å². The maximum absolute atomic E-state index is 11.5. The molecule has 0 saturated carbocycles. The molecule has 1 atom stereocenters. The SMILES string of the molecule is CC1CC(=O)N(C)N=C1c1ccc(I)c([N+](=O)[O-])c1. The summed E-state index contributed by atoms with van der Waals surface area (Å²) in [5.41, 5.74) is 1.47. The Morgan fingerprint density at radius 1 is 1.53 bits per heavy atom. The van der Waals surface area contributed by atoms with Crippen LogP contribution in [-0.4, -0.2) is 28.6 Å². The fraction of sp³-hybridized carbons (Fsp3) is 0.333. The Bertz CT molecular complexity index is 586. The van der Waals surface area contributed by atoms with Crippen molar-refractivity contribution in [2.75, 3.05) is 7.05 Å². The molecule has 1 aromatic carbocycles. The predicted octanol–water partition coefficient (Wildman–Crippen LogP) is 2.40. The summed E-state index contributed by atoms with van der Waals surface area (Å²) >= 11 is 1.93. The minimum absolute atomic E-state index is 0.0386. The second-order valence-corrected chi connectivity index (χ2v) is 5.59. The van der Waals surface area contributed by atoms with Gasteiger partial charge in [0.1, 0.15) is 0 Å². The number of rotatable bonds is 2. The van der Waals surface area contributed by atoms with Crippen molar-refractivity contribution >= 4 is 39.9 Å². The van der Waals surface area contributed by atoms with Crippen molar-refractivity contribution in [2.24, 2.45) is 11.0 Å². The van der Waals surface area contributed by atoms with Crippen LogP contribution in [0.5, 0.6) is 0 Å². The van der Waals surface area contributed by atoms with Crippen LogP contribution in [0.3, 0.4) is 0 Å². The van der Waals surface area contributed by atoms with Crippen LogP contribution in [0.1, 0.15) is 18.9 Å². The molecule has 0 bridgehead atoms. The van der Waals surface area contributed by atoms with E-state index in [0.29, 0.717) is 21.3 Å². The maximum atomic E-state index is 11.5. The van der Waals surface area contributed by atoms with Gasteiger partial charge in [-0.15, -0.1) is 0 Å². The zero-order chi connectivity index (χ0) is 14.2. The lowest BCUT2D eigenvalue weighted by Gasteiger charge is -2.24. The van der Waals surface area contributed by atoms with Gasteiger partial charge in [0, 0.05) is 31.0 Å². The van der Waals surface area contributed by atoms with Crippen LogP contribution in [0, 0.1) is 19.6 Å². The summed E-state index contributed by atoms with van der Waals surface area (Å²) in [4.78, 5) is 22.1. The molecule has 19 heavy (non-hydrogen) atoms. The number of nitrogens with zero attached hydrogens (tertiary/aromatic N) is 3. The van der Waals surface area contributed by atoms with Crippen molar-refractivity contribution in [2.45, 2.75) is 13.3 Å². The summed E-state index contributed by atoms with van der Waals surface area (Å²) in [6.45, 7) is 1.90. The van der Waals surface area contributed by atoms with Crippen molar-refractivity contribution in [3.05, 3.63) is 37.4 Å². The smallest absolute Gasteiger partial charge is 0.273 e. The Balaban J connectivity index is 2.47. The first-order valence-electron chi connectivity index (χ1n) is 5.69. The molecule has 0 aromatic heterocycles. The van der Waals surface area contributed by atoms with Gasteiger partial charge in [-0.2, -0.15) is 5.10 Å². The van der Waals surface area contributed by atoms with Gasteiger partial charge in [-0.05, 0) is 28.7 Å². The zero-order valence-electron chi connectivity index (χ0n) is 10.5. The molecule has 0 N–H and O–H groups in total. The molecular weight excluding hydrogens is 361 g/mol. The van der Waals surface area contributed by atoms with E-state index in [1.807, 2.05) is 29.5 Å². The third kappa shape index (κ3) is 2.75. The van der Waals surface area contributed by atoms with Gasteiger partial charge in [0.25, 0.3) is 5.69 Å². The minimum Gasteiger partial charge on any atom is -0.273 e. The Morgan fingerprint density at radius 2 is 2.21 bits per heavy atom. The third-order valence-electron chi connectivity index (χ3n) is 3.00. The number of hydrogen-bond donors (Lipinski definition) is 0. The fourth-order valence-electron chi connectivity index (χ4n) is 1.96. The number of benzene rings is 1. The molecule has 1 aliphatic rings. The van der Waals surface area contributed by atoms with E-state index in [4.69, 9.17) is 0 Å². The molecule has 1 unspecified atom stereocenters. The van der Waals surface area contributed by atoms with E-state index >= 15 is 0 Å². The predicted molar refractivity (Wildman–Crippen MR) is 78.9 cm³/mol. The number of nitro groups is 1. The standard InChI is InChI=1S/C12H12IN3O3/c1-7-5-11(17)15(2)14-12(7)8-3-4-9(13)10(6-8)16(18)19/h3-4,6-7H,5H2,1-2H3. The van der Waals surface area contributed by atoms with E-state index in [-0.39, 0.29) is 17.5 Å². The van der Waals surface area contributed by atoms with Crippen molar-refractivity contribution in [3.8, 4) is 0 Å². The van der Waals surface area contributed by atoms with Crippen LogP contribution < -0.4 is 0 Å². The van der Waals surface area contributed by atoms with E-state index < -0.39 is 4.92 Å². The number of carbonyl (C=O) groups is 1. The summed E-state index contributed by atoms with van der Waals surface area (Å²) in [7, 11) is 1.59. The quantitative estimate of drug-likeness (QED) is 0.454. The molecule has 0 saturated heterocycles. The van der Waals surface area contributed by atoms with Crippen molar-refractivity contribution in [1.29, 1.82) is 0 Å². The molecule has 2 rings (SSSR count). The van der Waals surface area contributed by atoms with E-state index in [1.165, 1.54) is 11.1 Å². The average molecular weight is 373 g/mol. The summed E-state index contributed by atoms with van der Waals surface area (Å²) in [6, 6.07) is 5.01. The summed E-state index contributed by atoms with van der Waals surface area (Å²) in [5.74, 6) is -0.0837. The van der Waals surface area contributed by atoms with E-state index in [2.05, 4.69) is 5.10 Å². The molecule has 1 aromatic rings. The Labute approximate surface area is 123 Å². The van der Waals surface area contributed by atoms with Crippen LogP contribution in [0.15, 0.2) is 23.3 Å². The molecule has 1 aliphatic heterocycles. The Kier molecular flexibility index (Phi) is 3.83. The first-order valence-corrected chi connectivity index (χ1v) is 6.77. The molecule has 6 nitrogen and oxygen atoms in total. The summed E-state index contributed by atoms with van der Waals surface area (Å²) in [5, 5.41) is 16.5. The van der Waals surface area contributed by atoms with Gasteiger partial charge in [-0.25, -0.2) is 5.01 Å². The first kappa shape index (κ1) is 13.9. The van der Waals surface area contributed by atoms with Crippen molar-refractivity contribution in [1.82, 2.24) is 5.01 Å².